The molecule has 8 heteroatoms. The number of hydrogen-bond donors (Lipinski definition) is 1. The highest BCUT2D eigenvalue weighted by molar-refractivity contribution is 7.92. The summed E-state index contributed by atoms with van der Waals surface area (Å²) in [7, 11) is -3.50. The summed E-state index contributed by atoms with van der Waals surface area (Å²) in [6.07, 6.45) is 4.38. The first-order chi connectivity index (χ1) is 16.7. The van der Waals surface area contributed by atoms with Crippen LogP contribution in [-0.2, 0) is 32.6 Å². The average molecular weight is 502 g/mol. The maximum Gasteiger partial charge on any atom is 0.242 e. The van der Waals surface area contributed by atoms with Crippen molar-refractivity contribution in [2.45, 2.75) is 65.5 Å². The maximum atomic E-state index is 13.3. The minimum Gasteiger partial charge on any atom is -0.354 e. The molecule has 2 aromatic rings. The molecule has 0 radical (unpaired) electrons. The molecule has 2 amide bonds. The zero-order valence-corrected chi connectivity index (χ0v) is 22.2. The number of sulfonamides is 1. The maximum absolute atomic E-state index is 13.3. The van der Waals surface area contributed by atoms with Crippen molar-refractivity contribution in [2.75, 3.05) is 23.7 Å². The van der Waals surface area contributed by atoms with E-state index in [1.807, 2.05) is 49.4 Å². The minimum absolute atomic E-state index is 0.137. The van der Waals surface area contributed by atoms with Crippen LogP contribution >= 0.6 is 0 Å². The van der Waals surface area contributed by atoms with Crippen molar-refractivity contribution in [3.05, 3.63) is 65.7 Å². The molecule has 0 bridgehead atoms. The Kier molecular flexibility index (Phi) is 11.2. The number of nitrogens with one attached hydrogen (secondary N) is 1. The molecule has 2 aromatic carbocycles. The van der Waals surface area contributed by atoms with Crippen molar-refractivity contribution in [3.8, 4) is 0 Å². The van der Waals surface area contributed by atoms with E-state index in [-0.39, 0.29) is 24.8 Å². The van der Waals surface area contributed by atoms with E-state index in [0.717, 1.165) is 30.4 Å². The van der Waals surface area contributed by atoms with Crippen molar-refractivity contribution in [1.29, 1.82) is 0 Å². The van der Waals surface area contributed by atoms with Gasteiger partial charge in [0.25, 0.3) is 0 Å². The van der Waals surface area contributed by atoms with Crippen LogP contribution in [0, 0.1) is 0 Å². The highest BCUT2D eigenvalue weighted by atomic mass is 32.2. The predicted molar refractivity (Wildman–Crippen MR) is 142 cm³/mol. The zero-order valence-electron chi connectivity index (χ0n) is 21.4. The van der Waals surface area contributed by atoms with E-state index in [0.29, 0.717) is 25.2 Å². The third-order valence-corrected chi connectivity index (χ3v) is 7.17. The van der Waals surface area contributed by atoms with Crippen LogP contribution in [0.25, 0.3) is 0 Å². The monoisotopic (exact) mass is 501 g/mol. The van der Waals surface area contributed by atoms with Gasteiger partial charge in [-0.3, -0.25) is 13.9 Å². The van der Waals surface area contributed by atoms with Gasteiger partial charge in [0.2, 0.25) is 21.8 Å². The van der Waals surface area contributed by atoms with Crippen LogP contribution in [0.5, 0.6) is 0 Å². The molecule has 0 saturated carbocycles. The third kappa shape index (κ3) is 9.02. The second-order valence-electron chi connectivity index (χ2n) is 8.79. The van der Waals surface area contributed by atoms with Gasteiger partial charge in [-0.1, -0.05) is 62.7 Å². The lowest BCUT2D eigenvalue weighted by Gasteiger charge is -2.29. The van der Waals surface area contributed by atoms with E-state index in [9.17, 15) is 18.0 Å². The summed E-state index contributed by atoms with van der Waals surface area (Å²) >= 11 is 0. The van der Waals surface area contributed by atoms with Crippen LogP contribution in [0.15, 0.2) is 54.6 Å². The first kappa shape index (κ1) is 28.4. The number of benzene rings is 2. The second-order valence-corrected chi connectivity index (χ2v) is 10.7. The molecule has 0 heterocycles. The van der Waals surface area contributed by atoms with Crippen molar-refractivity contribution < 1.29 is 18.0 Å². The quantitative estimate of drug-likeness (QED) is 0.395. The molecule has 0 spiro atoms. The summed E-state index contributed by atoms with van der Waals surface area (Å²) in [5.74, 6) is -0.363. The smallest absolute Gasteiger partial charge is 0.242 e. The summed E-state index contributed by atoms with van der Waals surface area (Å²) < 4.78 is 26.2. The predicted octanol–water partition coefficient (Wildman–Crippen LogP) is 4.13. The van der Waals surface area contributed by atoms with Crippen molar-refractivity contribution >= 4 is 27.5 Å². The molecule has 0 aliphatic carbocycles. The fourth-order valence-corrected chi connectivity index (χ4v) is 4.77. The van der Waals surface area contributed by atoms with Crippen molar-refractivity contribution in [1.82, 2.24) is 10.2 Å². The minimum atomic E-state index is -3.50. The number of hydrogen-bond acceptors (Lipinski definition) is 4. The Bertz CT molecular complexity index is 1040. The molecule has 0 saturated heterocycles. The topological polar surface area (TPSA) is 86.8 Å². The van der Waals surface area contributed by atoms with Crippen LogP contribution < -0.4 is 9.62 Å². The van der Waals surface area contributed by atoms with E-state index < -0.39 is 16.1 Å². The number of amides is 2. The van der Waals surface area contributed by atoms with E-state index in [1.54, 1.807) is 24.0 Å². The van der Waals surface area contributed by atoms with Gasteiger partial charge < -0.3 is 10.2 Å². The molecular weight excluding hydrogens is 462 g/mol. The first-order valence-corrected chi connectivity index (χ1v) is 14.2. The van der Waals surface area contributed by atoms with Gasteiger partial charge in [0.1, 0.15) is 6.04 Å². The fourth-order valence-electron chi connectivity index (χ4n) is 3.80. The van der Waals surface area contributed by atoms with Crippen LogP contribution in [0.4, 0.5) is 5.69 Å². The van der Waals surface area contributed by atoms with Crippen LogP contribution in [0.1, 0.15) is 57.6 Å². The largest absolute Gasteiger partial charge is 0.354 e. The van der Waals surface area contributed by atoms with Gasteiger partial charge in [-0.2, -0.15) is 0 Å². The molecule has 35 heavy (non-hydrogen) atoms. The molecule has 1 N–H and O–H groups in total. The lowest BCUT2D eigenvalue weighted by molar-refractivity contribution is -0.140. The van der Waals surface area contributed by atoms with Crippen molar-refractivity contribution in [3.63, 3.8) is 0 Å². The van der Waals surface area contributed by atoms with Gasteiger partial charge in [0.15, 0.2) is 0 Å². The lowest BCUT2D eigenvalue weighted by Crippen LogP contribution is -2.47. The summed E-state index contributed by atoms with van der Waals surface area (Å²) in [5.41, 5.74) is 2.64. The molecule has 0 aliphatic heterocycles. The first-order valence-electron chi connectivity index (χ1n) is 12.3. The fraction of sp³-hybridized carbons (Fsp3) is 0.481. The summed E-state index contributed by atoms with van der Waals surface area (Å²) in [5, 5.41) is 2.91. The Hall–Kier alpha value is -2.87. The molecule has 192 valence electrons. The number of rotatable bonds is 14. The Balaban J connectivity index is 2.11. The molecule has 7 nitrogen and oxygen atoms in total. The molecule has 0 unspecified atom stereocenters. The highest BCUT2D eigenvalue weighted by Crippen LogP contribution is 2.20. The van der Waals surface area contributed by atoms with Gasteiger partial charge in [0, 0.05) is 26.1 Å². The average Bonchev–Trinajstić information content (AvgIpc) is 2.84. The van der Waals surface area contributed by atoms with Gasteiger partial charge in [-0.05, 0) is 49.4 Å². The van der Waals surface area contributed by atoms with Crippen LogP contribution in [-0.4, -0.2) is 50.5 Å². The standard InChI is InChI=1S/C27H39N3O4S/c1-5-7-19-28-27(32)22(3)29(21-24-12-9-8-10-13-24)26(31)14-11-20-30(35(4,33)34)25-17-15-23(6-2)16-18-25/h8-10,12-13,15-18,22H,5-7,11,14,19-21H2,1-4H3,(H,28,32)/t22-/m0/s1. The number of carbonyl (C=O) groups excluding carboxylic acids is 2. The van der Waals surface area contributed by atoms with Crippen molar-refractivity contribution in [2.24, 2.45) is 0 Å². The van der Waals surface area contributed by atoms with Gasteiger partial charge >= 0.3 is 0 Å². The van der Waals surface area contributed by atoms with E-state index in [2.05, 4.69) is 12.2 Å². The van der Waals surface area contributed by atoms with Gasteiger partial charge in [0.05, 0.1) is 11.9 Å². The molecule has 0 aliphatic rings. The molecular formula is C27H39N3O4S. The normalized spacial score (nSPS) is 12.1. The Morgan fingerprint density at radius 3 is 2.17 bits per heavy atom. The van der Waals surface area contributed by atoms with Gasteiger partial charge in [-0.25, -0.2) is 8.42 Å². The van der Waals surface area contributed by atoms with Gasteiger partial charge in [-0.15, -0.1) is 0 Å². The number of aryl methyl sites for hydroxylation is 1. The van der Waals surface area contributed by atoms with E-state index in [4.69, 9.17) is 0 Å². The van der Waals surface area contributed by atoms with Crippen LogP contribution in [0.2, 0.25) is 0 Å². The third-order valence-electron chi connectivity index (χ3n) is 5.98. The Labute approximate surface area is 210 Å². The van der Waals surface area contributed by atoms with Crippen LogP contribution in [0.3, 0.4) is 0 Å². The Morgan fingerprint density at radius 1 is 0.943 bits per heavy atom. The summed E-state index contributed by atoms with van der Waals surface area (Å²) in [6.45, 7) is 6.91. The lowest BCUT2D eigenvalue weighted by atomic mass is 10.1. The molecule has 0 fully saturated rings. The van der Waals surface area contributed by atoms with E-state index in [1.165, 1.54) is 10.6 Å². The molecule has 1 atom stereocenters. The SMILES string of the molecule is CCCCNC(=O)[C@H](C)N(Cc1ccccc1)C(=O)CCCN(c1ccc(CC)cc1)S(C)(=O)=O. The second kappa shape index (κ2) is 13.9. The number of carbonyl (C=O) groups is 2. The highest BCUT2D eigenvalue weighted by Gasteiger charge is 2.26. The summed E-state index contributed by atoms with van der Waals surface area (Å²) in [4.78, 5) is 27.5. The number of nitrogens with zero attached hydrogens (tertiary/aromatic N) is 2. The van der Waals surface area contributed by atoms with E-state index >= 15 is 0 Å². The number of anilines is 1. The molecule has 2 rings (SSSR count). The summed E-state index contributed by atoms with van der Waals surface area (Å²) in [6, 6.07) is 16.3. The molecule has 0 aromatic heterocycles. The zero-order chi connectivity index (χ0) is 25.8. The number of unbranched alkanes of at least 4 members (excludes halogenated alkanes) is 1. The Morgan fingerprint density at radius 2 is 1.60 bits per heavy atom.